The quantitative estimate of drug-likeness (QED) is 0.542. The molecule has 0 fully saturated rings. The first-order valence-electron chi connectivity index (χ1n) is 9.18. The number of hydrogen-bond acceptors (Lipinski definition) is 5. The van der Waals surface area contributed by atoms with Gasteiger partial charge in [0.2, 0.25) is 10.0 Å². The van der Waals surface area contributed by atoms with Crippen molar-refractivity contribution >= 4 is 21.8 Å². The van der Waals surface area contributed by atoms with E-state index in [1.165, 1.54) is 23.9 Å². The smallest absolute Gasteiger partial charge is 0.211 e. The Balaban J connectivity index is 1.94. The van der Waals surface area contributed by atoms with Gasteiger partial charge in [-0.3, -0.25) is 4.57 Å². The molecule has 1 atom stereocenters. The molecule has 6 nitrogen and oxygen atoms in total. The van der Waals surface area contributed by atoms with Gasteiger partial charge in [-0.15, -0.1) is 10.2 Å². The van der Waals surface area contributed by atoms with E-state index < -0.39 is 16.1 Å². The molecular formula is C20H23FN4O2S2. The Morgan fingerprint density at radius 1 is 1.10 bits per heavy atom. The number of halogens is 1. The van der Waals surface area contributed by atoms with E-state index in [0.717, 1.165) is 16.8 Å². The average Bonchev–Trinajstić information content (AvgIpc) is 3.12. The zero-order valence-electron chi connectivity index (χ0n) is 16.5. The van der Waals surface area contributed by atoms with Crippen molar-refractivity contribution in [3.05, 3.63) is 71.3 Å². The monoisotopic (exact) mass is 434 g/mol. The Morgan fingerprint density at radius 3 is 2.38 bits per heavy atom. The highest BCUT2D eigenvalue weighted by Crippen LogP contribution is 2.28. The van der Waals surface area contributed by atoms with Crippen LogP contribution in [0.1, 0.15) is 36.8 Å². The van der Waals surface area contributed by atoms with Crippen molar-refractivity contribution in [3.63, 3.8) is 0 Å². The summed E-state index contributed by atoms with van der Waals surface area (Å²) in [5, 5.41) is 9.19. The van der Waals surface area contributed by atoms with Crippen LogP contribution in [0.25, 0.3) is 5.69 Å². The molecule has 0 aliphatic carbocycles. The summed E-state index contributed by atoms with van der Waals surface area (Å²) in [7, 11) is -3.40. The van der Waals surface area contributed by atoms with Crippen molar-refractivity contribution in [2.75, 3.05) is 5.75 Å². The highest BCUT2D eigenvalue weighted by atomic mass is 32.2. The maximum absolute atomic E-state index is 13.1. The Morgan fingerprint density at radius 2 is 1.76 bits per heavy atom. The number of benzene rings is 2. The van der Waals surface area contributed by atoms with Crippen LogP contribution in [0.5, 0.6) is 0 Å². The highest BCUT2D eigenvalue weighted by molar-refractivity contribution is 7.98. The Kier molecular flexibility index (Phi) is 6.71. The number of hydrogen-bond donors (Lipinski definition) is 1. The molecule has 0 spiro atoms. The van der Waals surface area contributed by atoms with Gasteiger partial charge < -0.3 is 0 Å². The molecule has 0 radical (unpaired) electrons. The predicted molar refractivity (Wildman–Crippen MR) is 113 cm³/mol. The van der Waals surface area contributed by atoms with E-state index >= 15 is 0 Å². The SMILES string of the molecule is CCS(=O)(=O)NC(C)c1nnc(SCc2ccc(F)cc2)n1-c1ccc(C)cc1. The minimum absolute atomic E-state index is 0.0117. The van der Waals surface area contributed by atoms with Crippen LogP contribution in [0.3, 0.4) is 0 Å². The molecule has 3 aromatic rings. The summed E-state index contributed by atoms with van der Waals surface area (Å²) in [6.07, 6.45) is 0. The molecule has 1 aromatic heterocycles. The van der Waals surface area contributed by atoms with Gasteiger partial charge >= 0.3 is 0 Å². The minimum Gasteiger partial charge on any atom is -0.273 e. The third-order valence-corrected chi connectivity index (χ3v) is 6.83. The summed E-state index contributed by atoms with van der Waals surface area (Å²) >= 11 is 1.46. The molecule has 0 saturated carbocycles. The van der Waals surface area contributed by atoms with Gasteiger partial charge in [0.1, 0.15) is 5.82 Å². The maximum Gasteiger partial charge on any atom is 0.211 e. The lowest BCUT2D eigenvalue weighted by molar-refractivity contribution is 0.557. The highest BCUT2D eigenvalue weighted by Gasteiger charge is 2.22. The Labute approximate surface area is 174 Å². The topological polar surface area (TPSA) is 76.9 Å². The summed E-state index contributed by atoms with van der Waals surface area (Å²) in [5.74, 6) is 0.801. The second-order valence-electron chi connectivity index (χ2n) is 6.67. The summed E-state index contributed by atoms with van der Waals surface area (Å²) in [6, 6.07) is 13.6. The predicted octanol–water partition coefficient (Wildman–Crippen LogP) is 4.01. The van der Waals surface area contributed by atoms with Crippen LogP contribution >= 0.6 is 11.8 Å². The van der Waals surface area contributed by atoms with E-state index in [2.05, 4.69) is 14.9 Å². The number of nitrogens with zero attached hydrogens (tertiary/aromatic N) is 3. The van der Waals surface area contributed by atoms with E-state index in [1.807, 2.05) is 35.8 Å². The largest absolute Gasteiger partial charge is 0.273 e. The fourth-order valence-corrected chi connectivity index (χ4v) is 4.45. The standard InChI is InChI=1S/C20H23FN4O2S2/c1-4-29(26,27)24-15(3)19-22-23-20(25(19)18-11-5-14(2)6-12-18)28-13-16-7-9-17(21)10-8-16/h5-12,15,24H,4,13H2,1-3H3. The second kappa shape index (κ2) is 9.06. The number of sulfonamides is 1. The summed E-state index contributed by atoms with van der Waals surface area (Å²) in [6.45, 7) is 5.33. The molecular weight excluding hydrogens is 411 g/mol. The van der Waals surface area contributed by atoms with E-state index in [4.69, 9.17) is 0 Å². The molecule has 1 heterocycles. The molecule has 9 heteroatoms. The van der Waals surface area contributed by atoms with Crippen LogP contribution < -0.4 is 4.72 Å². The first-order valence-corrected chi connectivity index (χ1v) is 11.8. The van der Waals surface area contributed by atoms with Gasteiger partial charge in [0.15, 0.2) is 11.0 Å². The minimum atomic E-state index is -3.40. The van der Waals surface area contributed by atoms with Gasteiger partial charge in [-0.25, -0.2) is 17.5 Å². The molecule has 1 unspecified atom stereocenters. The lowest BCUT2D eigenvalue weighted by Gasteiger charge is -2.16. The summed E-state index contributed by atoms with van der Waals surface area (Å²) in [4.78, 5) is 0. The zero-order valence-corrected chi connectivity index (χ0v) is 18.1. The summed E-state index contributed by atoms with van der Waals surface area (Å²) in [5.41, 5.74) is 2.92. The molecule has 154 valence electrons. The van der Waals surface area contributed by atoms with Crippen LogP contribution in [-0.2, 0) is 15.8 Å². The van der Waals surface area contributed by atoms with Crippen molar-refractivity contribution in [1.82, 2.24) is 19.5 Å². The van der Waals surface area contributed by atoms with Crippen LogP contribution in [0.4, 0.5) is 4.39 Å². The van der Waals surface area contributed by atoms with Crippen molar-refractivity contribution in [3.8, 4) is 5.69 Å². The van der Waals surface area contributed by atoms with E-state index in [9.17, 15) is 12.8 Å². The van der Waals surface area contributed by atoms with E-state index in [0.29, 0.717) is 16.7 Å². The molecule has 0 bridgehead atoms. The molecule has 0 saturated heterocycles. The van der Waals surface area contributed by atoms with Crippen molar-refractivity contribution < 1.29 is 12.8 Å². The van der Waals surface area contributed by atoms with Gasteiger partial charge in [-0.1, -0.05) is 41.6 Å². The number of nitrogens with one attached hydrogen (secondary N) is 1. The molecule has 0 amide bonds. The van der Waals surface area contributed by atoms with E-state index in [-0.39, 0.29) is 11.6 Å². The third kappa shape index (κ3) is 5.43. The Hall–Kier alpha value is -2.23. The lowest BCUT2D eigenvalue weighted by Crippen LogP contribution is -2.30. The van der Waals surface area contributed by atoms with Crippen LogP contribution in [0.15, 0.2) is 53.7 Å². The Bertz CT molecular complexity index is 1060. The fourth-order valence-electron chi connectivity index (χ4n) is 2.73. The molecule has 29 heavy (non-hydrogen) atoms. The first-order chi connectivity index (χ1) is 13.8. The van der Waals surface area contributed by atoms with Crippen LogP contribution in [0, 0.1) is 12.7 Å². The first kappa shape index (κ1) is 21.5. The van der Waals surface area contributed by atoms with Crippen LogP contribution in [0.2, 0.25) is 0 Å². The van der Waals surface area contributed by atoms with Gasteiger partial charge in [0, 0.05) is 11.4 Å². The molecule has 0 aliphatic heterocycles. The van der Waals surface area contributed by atoms with Gasteiger partial charge in [0.25, 0.3) is 0 Å². The zero-order chi connectivity index (χ0) is 21.0. The number of thioether (sulfide) groups is 1. The van der Waals surface area contributed by atoms with Crippen molar-refractivity contribution in [2.24, 2.45) is 0 Å². The lowest BCUT2D eigenvalue weighted by atomic mass is 10.2. The fraction of sp³-hybridized carbons (Fsp3) is 0.300. The van der Waals surface area contributed by atoms with Crippen molar-refractivity contribution in [2.45, 2.75) is 37.7 Å². The molecule has 2 aromatic carbocycles. The second-order valence-corrected chi connectivity index (χ2v) is 9.65. The van der Waals surface area contributed by atoms with Crippen molar-refractivity contribution in [1.29, 1.82) is 0 Å². The normalized spacial score (nSPS) is 12.8. The third-order valence-electron chi connectivity index (χ3n) is 4.36. The van der Waals surface area contributed by atoms with Crippen LogP contribution in [-0.4, -0.2) is 28.9 Å². The number of aromatic nitrogens is 3. The number of aryl methyl sites for hydroxylation is 1. The van der Waals surface area contributed by atoms with Gasteiger partial charge in [-0.2, -0.15) is 0 Å². The molecule has 1 N–H and O–H groups in total. The molecule has 0 aliphatic rings. The number of rotatable bonds is 8. The average molecular weight is 435 g/mol. The van der Waals surface area contributed by atoms with E-state index in [1.54, 1.807) is 26.0 Å². The summed E-state index contributed by atoms with van der Waals surface area (Å²) < 4.78 is 41.7. The maximum atomic E-state index is 13.1. The van der Waals surface area contributed by atoms with Gasteiger partial charge in [0.05, 0.1) is 11.8 Å². The van der Waals surface area contributed by atoms with Gasteiger partial charge in [-0.05, 0) is 50.6 Å². The molecule has 3 rings (SSSR count).